The molecule has 0 amide bonds. The molecule has 0 heterocycles. The summed E-state index contributed by atoms with van der Waals surface area (Å²) < 4.78 is 32.1. The topological polar surface area (TPSA) is 74.6 Å². The lowest BCUT2D eigenvalue weighted by molar-refractivity contribution is 0.0982. The Labute approximate surface area is 102 Å². The molecule has 0 radical (unpaired) electrons. The molecule has 1 aromatic carbocycles. The fraction of sp³-hybridized carbons (Fsp3) is 0.400. The largest absolute Gasteiger partial charge is 0.372 e. The second-order valence-corrected chi connectivity index (χ2v) is 6.64. The number of hydrogen-bond donors (Lipinski definition) is 2. The number of halogens is 1. The molecule has 0 unspecified atom stereocenters. The van der Waals surface area contributed by atoms with Crippen LogP contribution in [0.1, 0.15) is 17.5 Å². The van der Waals surface area contributed by atoms with Gasteiger partial charge < -0.3 is 5.11 Å². The molecule has 1 aliphatic carbocycles. The van der Waals surface area contributed by atoms with Gasteiger partial charge in [-0.3, -0.25) is 4.55 Å². The molecule has 1 aromatic rings. The molecule has 0 bridgehead atoms. The Balaban J connectivity index is 2.42. The number of aryl methyl sites for hydroxylation is 1. The van der Waals surface area contributed by atoms with Crippen LogP contribution in [0.3, 0.4) is 0 Å². The highest BCUT2D eigenvalue weighted by Gasteiger charge is 2.43. The van der Waals surface area contributed by atoms with Gasteiger partial charge in [0.1, 0.15) is 0 Å². The molecule has 0 spiro atoms. The Hall–Kier alpha value is -0.430. The highest BCUT2D eigenvalue weighted by Crippen LogP contribution is 2.33. The average molecular weight is 307 g/mol. The average Bonchev–Trinajstić information content (AvgIpc) is 2.17. The molecule has 2 rings (SSSR count). The summed E-state index contributed by atoms with van der Waals surface area (Å²) in [7, 11) is -4.43. The number of fused-ring (bicyclic) bond motifs is 1. The summed E-state index contributed by atoms with van der Waals surface area (Å²) in [6.45, 7) is 0. The van der Waals surface area contributed by atoms with Gasteiger partial charge >= 0.3 is 0 Å². The molecule has 0 fully saturated rings. The minimum Gasteiger partial charge on any atom is -0.372 e. The highest BCUT2D eigenvalue weighted by atomic mass is 79.9. The van der Waals surface area contributed by atoms with Crippen molar-refractivity contribution in [2.45, 2.75) is 24.2 Å². The van der Waals surface area contributed by atoms with Crippen molar-refractivity contribution in [2.75, 3.05) is 0 Å². The van der Waals surface area contributed by atoms with Crippen LogP contribution in [0, 0.1) is 0 Å². The summed E-state index contributed by atoms with van der Waals surface area (Å²) in [6, 6.07) is 5.45. The van der Waals surface area contributed by atoms with E-state index in [1.165, 1.54) is 0 Å². The van der Waals surface area contributed by atoms with Crippen LogP contribution in [0.2, 0.25) is 0 Å². The van der Waals surface area contributed by atoms with E-state index in [4.69, 9.17) is 4.55 Å². The van der Waals surface area contributed by atoms with Crippen LogP contribution < -0.4 is 0 Å². The van der Waals surface area contributed by atoms with Crippen molar-refractivity contribution < 1.29 is 18.1 Å². The van der Waals surface area contributed by atoms with Gasteiger partial charge in [0.25, 0.3) is 10.1 Å². The molecule has 1 aliphatic rings. The lowest BCUT2D eigenvalue weighted by Gasteiger charge is -2.30. The van der Waals surface area contributed by atoms with E-state index in [-0.39, 0.29) is 12.8 Å². The van der Waals surface area contributed by atoms with Crippen LogP contribution in [0.4, 0.5) is 0 Å². The third kappa shape index (κ3) is 2.02. The van der Waals surface area contributed by atoms with E-state index in [0.717, 1.165) is 15.6 Å². The minimum atomic E-state index is -4.43. The van der Waals surface area contributed by atoms with Gasteiger partial charge in [-0.25, -0.2) is 0 Å². The van der Waals surface area contributed by atoms with Gasteiger partial charge in [-0.15, -0.1) is 0 Å². The molecular weight excluding hydrogens is 296 g/mol. The standard InChI is InChI=1S/C10H11BrO4S/c11-9-2-1-8-6-10(12,16(13,14)15)4-3-7(8)5-9/h1-2,5,12H,3-4,6H2,(H,13,14,15)/t10-/m0/s1. The number of aliphatic hydroxyl groups is 1. The predicted octanol–water partition coefficient (Wildman–Crippen LogP) is 1.51. The van der Waals surface area contributed by atoms with Crippen LogP contribution in [-0.2, 0) is 23.0 Å². The Morgan fingerprint density at radius 1 is 1.31 bits per heavy atom. The molecule has 88 valence electrons. The van der Waals surface area contributed by atoms with Crippen molar-refractivity contribution in [3.8, 4) is 0 Å². The molecule has 4 nitrogen and oxygen atoms in total. The lowest BCUT2D eigenvalue weighted by Crippen LogP contribution is -2.43. The summed E-state index contributed by atoms with van der Waals surface area (Å²) in [5, 5.41) is 9.87. The van der Waals surface area contributed by atoms with E-state index in [2.05, 4.69) is 15.9 Å². The second kappa shape index (κ2) is 3.80. The van der Waals surface area contributed by atoms with E-state index in [1.807, 2.05) is 6.07 Å². The maximum atomic E-state index is 11.1. The molecule has 0 saturated carbocycles. The zero-order valence-corrected chi connectivity index (χ0v) is 10.8. The molecular formula is C10H11BrO4S. The van der Waals surface area contributed by atoms with Gasteiger partial charge in [0, 0.05) is 10.9 Å². The number of hydrogen-bond acceptors (Lipinski definition) is 3. The Morgan fingerprint density at radius 2 is 2.00 bits per heavy atom. The summed E-state index contributed by atoms with van der Waals surface area (Å²) in [6.07, 6.45) is 0.398. The summed E-state index contributed by atoms with van der Waals surface area (Å²) >= 11 is 3.33. The minimum absolute atomic E-state index is 0.0231. The van der Waals surface area contributed by atoms with Crippen LogP contribution in [-0.4, -0.2) is 23.0 Å². The van der Waals surface area contributed by atoms with Crippen LogP contribution in [0.25, 0.3) is 0 Å². The van der Waals surface area contributed by atoms with E-state index in [1.54, 1.807) is 12.1 Å². The third-order valence-corrected chi connectivity index (χ3v) is 4.70. The third-order valence-electron chi connectivity index (χ3n) is 2.90. The second-order valence-electron chi connectivity index (χ2n) is 4.01. The number of benzene rings is 1. The molecule has 0 aromatic heterocycles. The smallest absolute Gasteiger partial charge is 0.295 e. The van der Waals surface area contributed by atoms with Gasteiger partial charge in [0.2, 0.25) is 0 Å². The fourth-order valence-electron chi connectivity index (χ4n) is 1.94. The normalized spacial score (nSPS) is 25.2. The fourth-order valence-corrected chi connectivity index (χ4v) is 3.04. The van der Waals surface area contributed by atoms with Gasteiger partial charge in [-0.2, -0.15) is 8.42 Å². The first-order chi connectivity index (χ1) is 7.32. The zero-order valence-electron chi connectivity index (χ0n) is 8.35. The van der Waals surface area contributed by atoms with Crippen molar-refractivity contribution in [2.24, 2.45) is 0 Å². The quantitative estimate of drug-likeness (QED) is 0.771. The molecule has 0 saturated heterocycles. The zero-order chi connectivity index (χ0) is 12.0. The molecule has 0 aliphatic heterocycles. The van der Waals surface area contributed by atoms with E-state index in [9.17, 15) is 13.5 Å². The summed E-state index contributed by atoms with van der Waals surface area (Å²) in [5.74, 6) is 0. The van der Waals surface area contributed by atoms with Crippen LogP contribution >= 0.6 is 15.9 Å². The van der Waals surface area contributed by atoms with Crippen LogP contribution in [0.15, 0.2) is 22.7 Å². The monoisotopic (exact) mass is 306 g/mol. The Morgan fingerprint density at radius 3 is 2.62 bits per heavy atom. The first-order valence-electron chi connectivity index (χ1n) is 4.78. The maximum absolute atomic E-state index is 11.1. The lowest BCUT2D eigenvalue weighted by atomic mass is 9.89. The summed E-state index contributed by atoms with van der Waals surface area (Å²) in [5.41, 5.74) is 1.76. The molecule has 16 heavy (non-hydrogen) atoms. The molecule has 6 heteroatoms. The van der Waals surface area contributed by atoms with E-state index >= 15 is 0 Å². The van der Waals surface area contributed by atoms with Gasteiger partial charge in [0.15, 0.2) is 4.93 Å². The predicted molar refractivity (Wildman–Crippen MR) is 62.7 cm³/mol. The van der Waals surface area contributed by atoms with Crippen molar-refractivity contribution in [3.63, 3.8) is 0 Å². The first kappa shape index (κ1) is 12.0. The SMILES string of the molecule is O=S(=O)(O)[C@@]1(O)CCc2cc(Br)ccc2C1. The van der Waals surface area contributed by atoms with Crippen LogP contribution in [0.5, 0.6) is 0 Å². The highest BCUT2D eigenvalue weighted by molar-refractivity contribution is 9.10. The van der Waals surface area contributed by atoms with E-state index < -0.39 is 15.1 Å². The molecule has 2 N–H and O–H groups in total. The van der Waals surface area contributed by atoms with Crippen molar-refractivity contribution in [1.82, 2.24) is 0 Å². The Kier molecular flexibility index (Phi) is 2.86. The van der Waals surface area contributed by atoms with Crippen molar-refractivity contribution in [1.29, 1.82) is 0 Å². The van der Waals surface area contributed by atoms with Gasteiger partial charge in [0.05, 0.1) is 0 Å². The number of rotatable bonds is 1. The maximum Gasteiger partial charge on any atom is 0.295 e. The van der Waals surface area contributed by atoms with Gasteiger partial charge in [-0.05, 0) is 36.1 Å². The van der Waals surface area contributed by atoms with Crippen molar-refractivity contribution in [3.05, 3.63) is 33.8 Å². The van der Waals surface area contributed by atoms with E-state index in [0.29, 0.717) is 6.42 Å². The first-order valence-corrected chi connectivity index (χ1v) is 7.02. The summed E-state index contributed by atoms with van der Waals surface area (Å²) in [4.78, 5) is -2.03. The van der Waals surface area contributed by atoms with Crippen molar-refractivity contribution >= 4 is 26.0 Å². The molecule has 1 atom stereocenters. The Bertz CT molecular complexity index is 526. The van der Waals surface area contributed by atoms with Gasteiger partial charge in [-0.1, -0.05) is 22.0 Å².